The smallest absolute Gasteiger partial charge is 0.213 e. The maximum atomic E-state index is 13.5. The van der Waals surface area contributed by atoms with Crippen LogP contribution in [0, 0.1) is 26.6 Å². The lowest BCUT2D eigenvalue weighted by Crippen LogP contribution is -2.38. The van der Waals surface area contributed by atoms with Crippen molar-refractivity contribution in [2.24, 2.45) is 0 Å². The maximum Gasteiger partial charge on any atom is 0.213 e. The van der Waals surface area contributed by atoms with Crippen molar-refractivity contribution < 1.29 is 8.96 Å². The molecule has 0 N–H and O–H groups in total. The minimum atomic E-state index is -0.219. The summed E-state index contributed by atoms with van der Waals surface area (Å²) in [6.45, 7) is 6.20. The molecule has 4 heteroatoms. The molecule has 1 atom stereocenters. The van der Waals surface area contributed by atoms with Crippen molar-refractivity contribution in [3.63, 3.8) is 0 Å². The lowest BCUT2D eigenvalue weighted by Gasteiger charge is -2.15. The first-order chi connectivity index (χ1) is 20.0. The van der Waals surface area contributed by atoms with Gasteiger partial charge in [0.25, 0.3) is 0 Å². The van der Waals surface area contributed by atoms with Crippen molar-refractivity contribution in [2.75, 3.05) is 0 Å². The van der Waals surface area contributed by atoms with Crippen molar-refractivity contribution in [3.8, 4) is 33.8 Å². The van der Waals surface area contributed by atoms with E-state index in [-0.39, 0.29) is 11.9 Å². The molecular weight excluding hydrogens is 505 g/mol. The van der Waals surface area contributed by atoms with Crippen LogP contribution in [0.15, 0.2) is 128 Å². The number of benzene rings is 3. The Hall–Kier alpha value is -4.96. The fourth-order valence-corrected chi connectivity index (χ4v) is 5.53. The Morgan fingerprint density at radius 1 is 0.561 bits per heavy atom. The van der Waals surface area contributed by atoms with E-state index in [9.17, 15) is 4.39 Å². The molecule has 0 fully saturated rings. The number of pyridine rings is 3. The molecule has 3 nitrogen and oxygen atoms in total. The van der Waals surface area contributed by atoms with Gasteiger partial charge in [-0.1, -0.05) is 47.5 Å². The maximum absolute atomic E-state index is 13.5. The van der Waals surface area contributed by atoms with Crippen LogP contribution in [0.25, 0.3) is 33.8 Å². The monoisotopic (exact) mass is 536 g/mol. The van der Waals surface area contributed by atoms with Crippen LogP contribution >= 0.6 is 0 Å². The van der Waals surface area contributed by atoms with Gasteiger partial charge >= 0.3 is 0 Å². The third kappa shape index (κ3) is 5.29. The lowest BCUT2D eigenvalue weighted by atomic mass is 9.90. The van der Waals surface area contributed by atoms with Crippen molar-refractivity contribution in [1.29, 1.82) is 0 Å². The van der Waals surface area contributed by atoms with Gasteiger partial charge in [-0.15, -0.1) is 0 Å². The normalized spacial score (nSPS) is 13.1. The van der Waals surface area contributed by atoms with Gasteiger partial charge in [-0.25, -0.2) is 4.39 Å². The molecule has 1 aliphatic rings. The molecule has 3 aromatic carbocycles. The van der Waals surface area contributed by atoms with Gasteiger partial charge < -0.3 is 0 Å². The molecule has 4 heterocycles. The largest absolute Gasteiger partial charge is 0.256 e. The highest BCUT2D eigenvalue weighted by Gasteiger charge is 2.38. The fourth-order valence-electron chi connectivity index (χ4n) is 5.53. The first-order valence-corrected chi connectivity index (χ1v) is 13.8. The van der Waals surface area contributed by atoms with Crippen molar-refractivity contribution in [3.05, 3.63) is 161 Å². The number of fused-ring (bicyclic) bond motifs is 3. The van der Waals surface area contributed by atoms with E-state index >= 15 is 0 Å². The number of aryl methyl sites for hydroxylation is 3. The Morgan fingerprint density at radius 3 is 1.71 bits per heavy atom. The van der Waals surface area contributed by atoms with Gasteiger partial charge in [-0.2, -0.15) is 4.57 Å². The zero-order valence-corrected chi connectivity index (χ0v) is 23.4. The van der Waals surface area contributed by atoms with E-state index in [1.165, 1.54) is 45.1 Å². The van der Waals surface area contributed by atoms with Crippen LogP contribution in [0.1, 0.15) is 33.9 Å². The Bertz CT molecular complexity index is 1830. The quantitative estimate of drug-likeness (QED) is 0.212. The Kier molecular flexibility index (Phi) is 7.22. The predicted octanol–water partition coefficient (Wildman–Crippen LogP) is 8.47. The van der Waals surface area contributed by atoms with Crippen molar-refractivity contribution >= 4 is 0 Å². The number of halogens is 1. The number of hydrogen-bond donors (Lipinski definition) is 0. The van der Waals surface area contributed by atoms with E-state index in [1.807, 2.05) is 37.4 Å². The fraction of sp³-hybridized carbons (Fsp3) is 0.108. The summed E-state index contributed by atoms with van der Waals surface area (Å²) in [5.74, 6) is -0.219. The highest BCUT2D eigenvalue weighted by molar-refractivity contribution is 5.71. The molecule has 0 aliphatic carbocycles. The standard InChI is InChI=1S/C25H21N2.C12H10FN/c1-17-9-11-19(23-7-3-5-13-26-23)21(15-17)25-22-16-18(2)10-12-20(22)24-8-4-6-14-27(24)25;1-9-5-6-10(11(13)8-9)12-4-2-3-7-14-12/h3-16,25H,1-2H3;2-8H,1H3/q+1;/t25-;/m1./s1. The SMILES string of the molecule is Cc1ccc(-c2ccccn2)c(F)c1.Cc1ccc(-c2ccccn2)c([C@@H]2c3cc(C)ccc3-c3cccc[n+]32)c1. The number of aromatic nitrogens is 3. The molecule has 200 valence electrons. The van der Waals surface area contributed by atoms with E-state index in [2.05, 4.69) is 101 Å². The van der Waals surface area contributed by atoms with E-state index < -0.39 is 0 Å². The number of hydrogen-bond acceptors (Lipinski definition) is 2. The van der Waals surface area contributed by atoms with Crippen LogP contribution in [0.5, 0.6) is 0 Å². The summed E-state index contributed by atoms with van der Waals surface area (Å²) in [6.07, 6.45) is 5.72. The molecule has 0 saturated heterocycles. The first-order valence-electron chi connectivity index (χ1n) is 13.8. The average Bonchev–Trinajstić information content (AvgIpc) is 3.31. The second-order valence-electron chi connectivity index (χ2n) is 10.5. The zero-order chi connectivity index (χ0) is 28.3. The molecule has 0 saturated carbocycles. The first kappa shape index (κ1) is 26.3. The molecule has 7 rings (SSSR count). The van der Waals surface area contributed by atoms with E-state index in [4.69, 9.17) is 0 Å². The molecule has 0 amide bonds. The summed E-state index contributed by atoms with van der Waals surface area (Å²) in [4.78, 5) is 8.73. The van der Waals surface area contributed by atoms with Crippen LogP contribution in [0.3, 0.4) is 0 Å². The highest BCUT2D eigenvalue weighted by Crippen LogP contribution is 2.40. The van der Waals surface area contributed by atoms with Crippen LogP contribution in [-0.4, -0.2) is 9.97 Å². The van der Waals surface area contributed by atoms with E-state index in [0.717, 1.165) is 11.3 Å². The van der Waals surface area contributed by atoms with Gasteiger partial charge in [0.15, 0.2) is 6.20 Å². The average molecular weight is 537 g/mol. The van der Waals surface area contributed by atoms with Crippen molar-refractivity contribution in [1.82, 2.24) is 9.97 Å². The predicted molar refractivity (Wildman–Crippen MR) is 163 cm³/mol. The van der Waals surface area contributed by atoms with Crippen LogP contribution in [0.2, 0.25) is 0 Å². The second kappa shape index (κ2) is 11.3. The number of nitrogens with zero attached hydrogens (tertiary/aromatic N) is 3. The van der Waals surface area contributed by atoms with Crippen LogP contribution < -0.4 is 4.57 Å². The summed E-state index contributed by atoms with van der Waals surface area (Å²) >= 11 is 0. The zero-order valence-electron chi connectivity index (χ0n) is 23.4. The molecule has 6 aromatic rings. The second-order valence-corrected chi connectivity index (χ2v) is 10.5. The van der Waals surface area contributed by atoms with Crippen molar-refractivity contribution in [2.45, 2.75) is 26.8 Å². The third-order valence-electron chi connectivity index (χ3n) is 7.45. The van der Waals surface area contributed by atoms with Gasteiger partial charge in [-0.3, -0.25) is 9.97 Å². The van der Waals surface area contributed by atoms with E-state index in [0.29, 0.717) is 11.3 Å². The van der Waals surface area contributed by atoms with Gasteiger partial charge in [0, 0.05) is 46.8 Å². The summed E-state index contributed by atoms with van der Waals surface area (Å²) in [5.41, 5.74) is 12.2. The van der Waals surface area contributed by atoms with E-state index in [1.54, 1.807) is 18.3 Å². The Morgan fingerprint density at radius 2 is 1.10 bits per heavy atom. The molecule has 1 aliphatic heterocycles. The molecule has 0 radical (unpaired) electrons. The Labute approximate surface area is 240 Å². The molecule has 0 spiro atoms. The molecule has 3 aromatic heterocycles. The summed E-state index contributed by atoms with van der Waals surface area (Å²) in [5, 5.41) is 0. The summed E-state index contributed by atoms with van der Waals surface area (Å²) in [6, 6.07) is 36.8. The van der Waals surface area contributed by atoms with Gasteiger partial charge in [-0.05, 0) is 87.0 Å². The molecule has 0 unspecified atom stereocenters. The highest BCUT2D eigenvalue weighted by atomic mass is 19.1. The topological polar surface area (TPSA) is 29.7 Å². The lowest BCUT2D eigenvalue weighted by molar-refractivity contribution is -0.688. The molecular formula is C37H31FN3+. The minimum Gasteiger partial charge on any atom is -0.256 e. The van der Waals surface area contributed by atoms with Crippen LogP contribution in [-0.2, 0) is 0 Å². The summed E-state index contributed by atoms with van der Waals surface area (Å²) in [7, 11) is 0. The van der Waals surface area contributed by atoms with Gasteiger partial charge in [0.2, 0.25) is 11.7 Å². The molecule has 41 heavy (non-hydrogen) atoms. The van der Waals surface area contributed by atoms with Crippen LogP contribution in [0.4, 0.5) is 4.39 Å². The number of rotatable bonds is 3. The molecule has 0 bridgehead atoms. The third-order valence-corrected chi connectivity index (χ3v) is 7.45. The Balaban J connectivity index is 0.000000182. The summed E-state index contributed by atoms with van der Waals surface area (Å²) < 4.78 is 15.9. The minimum absolute atomic E-state index is 0.160. The van der Waals surface area contributed by atoms with Gasteiger partial charge in [0.1, 0.15) is 5.82 Å². The van der Waals surface area contributed by atoms with Gasteiger partial charge in [0.05, 0.1) is 17.0 Å².